The van der Waals surface area contributed by atoms with Crippen molar-refractivity contribution in [3.63, 3.8) is 0 Å². The van der Waals surface area contributed by atoms with Crippen molar-refractivity contribution < 1.29 is 37.6 Å². The van der Waals surface area contributed by atoms with Gasteiger partial charge in [-0.2, -0.15) is 0 Å². The highest BCUT2D eigenvalue weighted by Crippen LogP contribution is 2.43. The van der Waals surface area contributed by atoms with Gasteiger partial charge in [-0.05, 0) is 12.8 Å². The van der Waals surface area contributed by atoms with Gasteiger partial charge in [0, 0.05) is 19.4 Å². The van der Waals surface area contributed by atoms with E-state index >= 15 is 0 Å². The predicted molar refractivity (Wildman–Crippen MR) is 146 cm³/mol. The fourth-order valence-corrected chi connectivity index (χ4v) is 4.57. The van der Waals surface area contributed by atoms with Crippen molar-refractivity contribution in [2.45, 2.75) is 136 Å². The van der Waals surface area contributed by atoms with Crippen LogP contribution in [0.3, 0.4) is 0 Å². The van der Waals surface area contributed by atoms with E-state index in [9.17, 15) is 19.0 Å². The molecule has 1 unspecified atom stereocenters. The first-order valence-electron chi connectivity index (χ1n) is 14.5. The minimum absolute atomic E-state index is 0.0568. The monoisotopic (exact) mass is 551 g/mol. The van der Waals surface area contributed by atoms with Gasteiger partial charge >= 0.3 is 19.8 Å². The zero-order chi connectivity index (χ0) is 27.6. The number of hydrogen-bond acceptors (Lipinski definition) is 8. The number of carbonyl (C=O) groups is 2. The SMILES string of the molecule is CCCCCCCCCCCC(=O)O[C@H](COC(=O)CCCCCCCCC)COP(=O)(O)OCCN. The Labute approximate surface area is 225 Å². The molecule has 0 aromatic rings. The van der Waals surface area contributed by atoms with Gasteiger partial charge in [-0.3, -0.25) is 18.6 Å². The van der Waals surface area contributed by atoms with E-state index in [4.69, 9.17) is 24.3 Å². The van der Waals surface area contributed by atoms with Gasteiger partial charge < -0.3 is 20.1 Å². The van der Waals surface area contributed by atoms with Crippen molar-refractivity contribution in [3.8, 4) is 0 Å². The highest BCUT2D eigenvalue weighted by molar-refractivity contribution is 7.47. The van der Waals surface area contributed by atoms with Gasteiger partial charge in [-0.1, -0.05) is 104 Å². The summed E-state index contributed by atoms with van der Waals surface area (Å²) in [5, 5.41) is 0. The van der Waals surface area contributed by atoms with Crippen LogP contribution >= 0.6 is 7.82 Å². The third-order valence-electron chi connectivity index (χ3n) is 5.99. The number of rotatable bonds is 27. The van der Waals surface area contributed by atoms with Crippen LogP contribution in [-0.4, -0.2) is 49.3 Å². The Balaban J connectivity index is 4.37. The Morgan fingerprint density at radius 1 is 0.703 bits per heavy atom. The summed E-state index contributed by atoms with van der Waals surface area (Å²) in [6, 6.07) is 0. The molecule has 10 heteroatoms. The molecule has 0 spiro atoms. The van der Waals surface area contributed by atoms with Crippen LogP contribution in [0.1, 0.15) is 129 Å². The summed E-state index contributed by atoms with van der Waals surface area (Å²) in [5.74, 6) is -0.838. The molecule has 37 heavy (non-hydrogen) atoms. The van der Waals surface area contributed by atoms with Crippen molar-refractivity contribution in [2.75, 3.05) is 26.4 Å². The first-order chi connectivity index (χ1) is 17.8. The molecule has 0 fully saturated rings. The Hall–Kier alpha value is -0.990. The average Bonchev–Trinajstić information content (AvgIpc) is 2.87. The van der Waals surface area contributed by atoms with Crippen LogP contribution in [0.5, 0.6) is 0 Å². The molecule has 9 nitrogen and oxygen atoms in total. The molecule has 0 heterocycles. The maximum atomic E-state index is 12.3. The fourth-order valence-electron chi connectivity index (χ4n) is 3.81. The standard InChI is InChI=1S/C27H54NO8P/c1-3-5-7-9-11-12-14-16-18-20-27(30)36-25(24-35-37(31,32)34-22-21-28)23-33-26(29)19-17-15-13-10-8-6-4-2/h25H,3-24,28H2,1-2H3,(H,31,32)/t25-/m1/s1. The number of carbonyl (C=O) groups excluding carboxylic acids is 2. The minimum Gasteiger partial charge on any atom is -0.462 e. The van der Waals surface area contributed by atoms with Gasteiger partial charge in [0.1, 0.15) is 6.61 Å². The molecule has 0 aromatic carbocycles. The van der Waals surface area contributed by atoms with Crippen molar-refractivity contribution >= 4 is 19.8 Å². The Morgan fingerprint density at radius 2 is 1.16 bits per heavy atom. The highest BCUT2D eigenvalue weighted by Gasteiger charge is 2.25. The van der Waals surface area contributed by atoms with E-state index in [1.54, 1.807) is 0 Å². The number of unbranched alkanes of at least 4 members (excludes halogenated alkanes) is 14. The molecule has 0 saturated heterocycles. The molecule has 0 bridgehead atoms. The number of nitrogens with two attached hydrogens (primary N) is 1. The number of phosphoric acid groups is 1. The Kier molecular flexibility index (Phi) is 24.6. The van der Waals surface area contributed by atoms with E-state index in [1.807, 2.05) is 0 Å². The average molecular weight is 552 g/mol. The Morgan fingerprint density at radius 3 is 1.65 bits per heavy atom. The van der Waals surface area contributed by atoms with Crippen LogP contribution in [0.4, 0.5) is 0 Å². The summed E-state index contributed by atoms with van der Waals surface area (Å²) in [5.41, 5.74) is 5.28. The summed E-state index contributed by atoms with van der Waals surface area (Å²) in [6.07, 6.45) is 17.3. The van der Waals surface area contributed by atoms with Crippen molar-refractivity contribution in [2.24, 2.45) is 5.73 Å². The summed E-state index contributed by atoms with van der Waals surface area (Å²) in [6.45, 7) is 3.62. The number of esters is 2. The largest absolute Gasteiger partial charge is 0.472 e. The summed E-state index contributed by atoms with van der Waals surface area (Å²) < 4.78 is 32.2. The lowest BCUT2D eigenvalue weighted by atomic mass is 10.1. The highest BCUT2D eigenvalue weighted by atomic mass is 31.2. The van der Waals surface area contributed by atoms with Gasteiger partial charge in [0.15, 0.2) is 6.10 Å². The molecule has 2 atom stereocenters. The molecule has 0 amide bonds. The quantitative estimate of drug-likeness (QED) is 0.0658. The molecule has 0 aliphatic rings. The van der Waals surface area contributed by atoms with Gasteiger partial charge in [0.2, 0.25) is 0 Å². The van der Waals surface area contributed by atoms with Crippen molar-refractivity contribution in [1.82, 2.24) is 0 Å². The second kappa shape index (κ2) is 25.3. The molecule has 3 N–H and O–H groups in total. The zero-order valence-electron chi connectivity index (χ0n) is 23.5. The number of phosphoric ester groups is 1. The van der Waals surface area contributed by atoms with Gasteiger partial charge in [0.05, 0.1) is 13.2 Å². The van der Waals surface area contributed by atoms with Crippen LogP contribution in [0.15, 0.2) is 0 Å². The van der Waals surface area contributed by atoms with E-state index in [2.05, 4.69) is 13.8 Å². The maximum absolute atomic E-state index is 12.3. The molecule has 0 radical (unpaired) electrons. The van der Waals surface area contributed by atoms with E-state index in [-0.39, 0.29) is 38.6 Å². The van der Waals surface area contributed by atoms with E-state index in [0.29, 0.717) is 6.42 Å². The topological polar surface area (TPSA) is 134 Å². The number of hydrogen-bond donors (Lipinski definition) is 2. The molecule has 0 aliphatic heterocycles. The maximum Gasteiger partial charge on any atom is 0.472 e. The van der Waals surface area contributed by atoms with Gasteiger partial charge in [-0.25, -0.2) is 4.57 Å². The second-order valence-corrected chi connectivity index (χ2v) is 11.1. The van der Waals surface area contributed by atoms with Gasteiger partial charge in [0.25, 0.3) is 0 Å². The zero-order valence-corrected chi connectivity index (χ0v) is 24.4. The van der Waals surface area contributed by atoms with Crippen LogP contribution < -0.4 is 5.73 Å². The van der Waals surface area contributed by atoms with Crippen molar-refractivity contribution in [3.05, 3.63) is 0 Å². The summed E-state index contributed by atoms with van der Waals surface area (Å²) >= 11 is 0. The smallest absolute Gasteiger partial charge is 0.462 e. The molecule has 220 valence electrons. The third kappa shape index (κ3) is 25.1. The van der Waals surface area contributed by atoms with Crippen LogP contribution in [0.2, 0.25) is 0 Å². The fraction of sp³-hybridized carbons (Fsp3) is 0.926. The lowest BCUT2D eigenvalue weighted by molar-refractivity contribution is -0.161. The molecule has 0 rings (SSSR count). The van der Waals surface area contributed by atoms with Crippen LogP contribution in [0, 0.1) is 0 Å². The van der Waals surface area contributed by atoms with Crippen molar-refractivity contribution in [1.29, 1.82) is 0 Å². The van der Waals surface area contributed by atoms with Crippen LogP contribution in [0.25, 0.3) is 0 Å². The van der Waals surface area contributed by atoms with E-state index in [1.165, 1.54) is 64.2 Å². The molecule has 0 saturated carbocycles. The molecule has 0 aliphatic carbocycles. The third-order valence-corrected chi connectivity index (χ3v) is 6.98. The van der Waals surface area contributed by atoms with Gasteiger partial charge in [-0.15, -0.1) is 0 Å². The summed E-state index contributed by atoms with van der Waals surface area (Å²) in [7, 11) is -4.34. The first-order valence-corrected chi connectivity index (χ1v) is 16.0. The van der Waals surface area contributed by atoms with E-state index in [0.717, 1.165) is 32.1 Å². The van der Waals surface area contributed by atoms with E-state index < -0.39 is 26.5 Å². The lowest BCUT2D eigenvalue weighted by Gasteiger charge is -2.19. The predicted octanol–water partition coefficient (Wildman–Crippen LogP) is 6.60. The molecular formula is C27H54NO8P. The lowest BCUT2D eigenvalue weighted by Crippen LogP contribution is -2.29. The first kappa shape index (κ1) is 36.0. The number of ether oxygens (including phenoxy) is 2. The Bertz CT molecular complexity index is 605. The second-order valence-electron chi connectivity index (χ2n) is 9.63. The molecule has 0 aromatic heterocycles. The summed E-state index contributed by atoms with van der Waals surface area (Å²) in [4.78, 5) is 34.2. The normalized spacial score (nSPS) is 13.7. The minimum atomic E-state index is -4.34. The molecular weight excluding hydrogens is 497 g/mol. The van der Waals surface area contributed by atoms with Crippen LogP contribution in [-0.2, 0) is 32.7 Å².